The maximum Gasteiger partial charge on any atom is 0.293 e. The van der Waals surface area contributed by atoms with E-state index in [1.165, 1.54) is 6.20 Å². The number of nitrogens with two attached hydrogens (primary N) is 1. The zero-order valence-electron chi connectivity index (χ0n) is 9.52. The molecule has 0 saturated carbocycles. The molecule has 0 atom stereocenters. The number of amides is 1. The summed E-state index contributed by atoms with van der Waals surface area (Å²) in [6.07, 6.45) is 1.87. The van der Waals surface area contributed by atoms with E-state index in [0.29, 0.717) is 29.6 Å². The summed E-state index contributed by atoms with van der Waals surface area (Å²) >= 11 is 5.93. The number of hydrogen-bond acceptors (Lipinski definition) is 4. The molecular formula is C12H12ClN3O2. The van der Waals surface area contributed by atoms with Crippen LogP contribution in [0, 0.1) is 0 Å². The van der Waals surface area contributed by atoms with E-state index in [1.54, 1.807) is 24.3 Å². The van der Waals surface area contributed by atoms with Crippen LogP contribution in [0.1, 0.15) is 16.4 Å². The number of halogens is 1. The van der Waals surface area contributed by atoms with Gasteiger partial charge in [-0.25, -0.2) is 4.98 Å². The Morgan fingerprint density at radius 3 is 2.94 bits per heavy atom. The molecule has 1 aromatic heterocycles. The highest BCUT2D eigenvalue weighted by atomic mass is 35.5. The number of oxazole rings is 1. The molecule has 0 radical (unpaired) electrons. The first-order valence-corrected chi connectivity index (χ1v) is 5.79. The first-order valence-electron chi connectivity index (χ1n) is 5.41. The van der Waals surface area contributed by atoms with E-state index in [2.05, 4.69) is 10.3 Å². The minimum Gasteiger partial charge on any atom is -0.435 e. The van der Waals surface area contributed by atoms with Crippen molar-refractivity contribution in [1.82, 2.24) is 4.98 Å². The van der Waals surface area contributed by atoms with Crippen molar-refractivity contribution in [2.75, 3.05) is 11.9 Å². The molecule has 18 heavy (non-hydrogen) atoms. The molecule has 6 heteroatoms. The van der Waals surface area contributed by atoms with E-state index < -0.39 is 0 Å². The average Bonchev–Trinajstić information content (AvgIpc) is 2.81. The molecular weight excluding hydrogens is 254 g/mol. The van der Waals surface area contributed by atoms with Crippen molar-refractivity contribution < 1.29 is 9.21 Å². The van der Waals surface area contributed by atoms with E-state index in [0.717, 1.165) is 0 Å². The van der Waals surface area contributed by atoms with Gasteiger partial charge in [0.1, 0.15) is 0 Å². The third-order valence-electron chi connectivity index (χ3n) is 2.26. The van der Waals surface area contributed by atoms with Gasteiger partial charge in [-0.15, -0.1) is 0 Å². The van der Waals surface area contributed by atoms with Crippen LogP contribution in [0.3, 0.4) is 0 Å². The normalized spacial score (nSPS) is 10.3. The summed E-state index contributed by atoms with van der Waals surface area (Å²) in [5.41, 5.74) is 5.90. The molecule has 0 aliphatic heterocycles. The lowest BCUT2D eigenvalue weighted by Crippen LogP contribution is -2.11. The topological polar surface area (TPSA) is 81.1 Å². The first kappa shape index (κ1) is 12.6. The second kappa shape index (κ2) is 5.66. The Labute approximate surface area is 109 Å². The zero-order valence-corrected chi connectivity index (χ0v) is 10.3. The average molecular weight is 266 g/mol. The number of nitrogens with zero attached hydrogens (tertiary/aromatic N) is 1. The fourth-order valence-electron chi connectivity index (χ4n) is 1.40. The number of nitrogens with one attached hydrogen (secondary N) is 1. The van der Waals surface area contributed by atoms with Gasteiger partial charge in [-0.3, -0.25) is 4.79 Å². The monoisotopic (exact) mass is 265 g/mol. The molecule has 0 bridgehead atoms. The molecule has 5 nitrogen and oxygen atoms in total. The molecule has 0 fully saturated rings. The Morgan fingerprint density at radius 1 is 1.44 bits per heavy atom. The smallest absolute Gasteiger partial charge is 0.293 e. The van der Waals surface area contributed by atoms with Crippen molar-refractivity contribution in [2.24, 2.45) is 5.73 Å². The molecule has 0 aliphatic carbocycles. The molecule has 1 amide bonds. The number of rotatable bonds is 4. The molecule has 3 N–H and O–H groups in total. The lowest BCUT2D eigenvalue weighted by Gasteiger charge is -2.04. The fraction of sp³-hybridized carbons (Fsp3) is 0.167. The highest BCUT2D eigenvalue weighted by molar-refractivity contribution is 6.33. The second-order valence-electron chi connectivity index (χ2n) is 3.59. The Hall–Kier alpha value is -1.85. The van der Waals surface area contributed by atoms with Gasteiger partial charge < -0.3 is 15.5 Å². The van der Waals surface area contributed by atoms with Crippen LogP contribution in [0.4, 0.5) is 5.69 Å². The quantitative estimate of drug-likeness (QED) is 0.887. The van der Waals surface area contributed by atoms with Crippen molar-refractivity contribution in [3.8, 4) is 0 Å². The predicted molar refractivity (Wildman–Crippen MR) is 68.7 cm³/mol. The van der Waals surface area contributed by atoms with Crippen LogP contribution in [-0.2, 0) is 6.42 Å². The number of benzene rings is 1. The molecule has 0 spiro atoms. The molecule has 2 aromatic rings. The van der Waals surface area contributed by atoms with Crippen LogP contribution >= 0.6 is 11.6 Å². The summed E-state index contributed by atoms with van der Waals surface area (Å²) in [6, 6.07) is 6.96. The van der Waals surface area contributed by atoms with Gasteiger partial charge in [-0.05, 0) is 12.1 Å². The third kappa shape index (κ3) is 2.88. The van der Waals surface area contributed by atoms with Gasteiger partial charge >= 0.3 is 0 Å². The van der Waals surface area contributed by atoms with E-state index in [4.69, 9.17) is 21.8 Å². The van der Waals surface area contributed by atoms with Crippen LogP contribution in [0.15, 0.2) is 34.9 Å². The maximum atomic E-state index is 11.8. The van der Waals surface area contributed by atoms with Gasteiger partial charge in [0, 0.05) is 13.0 Å². The van der Waals surface area contributed by atoms with Crippen molar-refractivity contribution in [2.45, 2.75) is 6.42 Å². The number of carbonyl (C=O) groups excluding carboxylic acids is 1. The number of aromatic nitrogens is 1. The largest absolute Gasteiger partial charge is 0.435 e. The Bertz CT molecular complexity index is 554. The van der Waals surface area contributed by atoms with E-state index in [1.807, 2.05) is 0 Å². The van der Waals surface area contributed by atoms with E-state index in [9.17, 15) is 4.79 Å². The lowest BCUT2D eigenvalue weighted by molar-refractivity contribution is 0.0995. The van der Waals surface area contributed by atoms with Crippen LogP contribution in [0.5, 0.6) is 0 Å². The lowest BCUT2D eigenvalue weighted by atomic mass is 10.3. The third-order valence-corrected chi connectivity index (χ3v) is 2.59. The molecule has 0 saturated heterocycles. The predicted octanol–water partition coefficient (Wildman–Crippen LogP) is 2.08. The van der Waals surface area contributed by atoms with Crippen molar-refractivity contribution in [1.29, 1.82) is 0 Å². The van der Waals surface area contributed by atoms with Gasteiger partial charge in [0.05, 0.1) is 16.9 Å². The minimum atomic E-state index is -0.390. The molecule has 0 unspecified atom stereocenters. The van der Waals surface area contributed by atoms with E-state index >= 15 is 0 Å². The van der Waals surface area contributed by atoms with Gasteiger partial charge in [0.2, 0.25) is 5.76 Å². The second-order valence-corrected chi connectivity index (χ2v) is 4.00. The number of anilines is 1. The summed E-state index contributed by atoms with van der Waals surface area (Å²) in [5, 5.41) is 3.11. The number of para-hydroxylation sites is 1. The maximum absolute atomic E-state index is 11.8. The highest BCUT2D eigenvalue weighted by Gasteiger charge is 2.13. The summed E-state index contributed by atoms with van der Waals surface area (Å²) in [7, 11) is 0. The minimum absolute atomic E-state index is 0.137. The number of hydrogen-bond donors (Lipinski definition) is 2. The Balaban J connectivity index is 2.10. The van der Waals surface area contributed by atoms with Crippen LogP contribution < -0.4 is 11.1 Å². The standard InChI is InChI=1S/C12H12ClN3O2/c13-8-3-1-2-4-9(8)16-12(17)10-7-15-11(18-10)5-6-14/h1-4,7H,5-6,14H2,(H,16,17). The summed E-state index contributed by atoms with van der Waals surface area (Å²) in [4.78, 5) is 15.8. The molecule has 1 heterocycles. The molecule has 94 valence electrons. The molecule has 1 aromatic carbocycles. The molecule has 0 aliphatic rings. The fourth-order valence-corrected chi connectivity index (χ4v) is 1.58. The first-order chi connectivity index (χ1) is 8.70. The SMILES string of the molecule is NCCc1ncc(C(=O)Nc2ccccc2Cl)o1. The molecule has 2 rings (SSSR count). The summed E-state index contributed by atoms with van der Waals surface area (Å²) in [6.45, 7) is 0.423. The van der Waals surface area contributed by atoms with Crippen molar-refractivity contribution >= 4 is 23.2 Å². The van der Waals surface area contributed by atoms with Gasteiger partial charge in [0.15, 0.2) is 5.89 Å². The zero-order chi connectivity index (χ0) is 13.0. The highest BCUT2D eigenvalue weighted by Crippen LogP contribution is 2.21. The number of carbonyl (C=O) groups is 1. The van der Waals surface area contributed by atoms with Crippen LogP contribution in [0.2, 0.25) is 5.02 Å². The van der Waals surface area contributed by atoms with Gasteiger partial charge in [-0.1, -0.05) is 23.7 Å². The van der Waals surface area contributed by atoms with Gasteiger partial charge in [0.25, 0.3) is 5.91 Å². The summed E-state index contributed by atoms with van der Waals surface area (Å²) < 4.78 is 5.25. The Kier molecular flexibility index (Phi) is 3.96. The van der Waals surface area contributed by atoms with Gasteiger partial charge in [-0.2, -0.15) is 0 Å². The van der Waals surface area contributed by atoms with Crippen LogP contribution in [-0.4, -0.2) is 17.4 Å². The summed E-state index contributed by atoms with van der Waals surface area (Å²) in [5.74, 6) is 0.194. The Morgan fingerprint density at radius 2 is 2.22 bits per heavy atom. The van der Waals surface area contributed by atoms with Crippen molar-refractivity contribution in [3.05, 3.63) is 47.1 Å². The van der Waals surface area contributed by atoms with E-state index in [-0.39, 0.29) is 11.7 Å². The van der Waals surface area contributed by atoms with Crippen molar-refractivity contribution in [3.63, 3.8) is 0 Å². The van der Waals surface area contributed by atoms with Crippen LogP contribution in [0.25, 0.3) is 0 Å².